The molecule has 0 saturated heterocycles. The van der Waals surface area contributed by atoms with E-state index in [9.17, 15) is 8.78 Å². The van der Waals surface area contributed by atoms with E-state index in [1.54, 1.807) is 25.3 Å². The van der Waals surface area contributed by atoms with Crippen molar-refractivity contribution >= 4 is 23.3 Å². The lowest BCUT2D eigenvalue weighted by Gasteiger charge is -2.35. The highest BCUT2D eigenvalue weighted by atomic mass is 35.5. The zero-order chi connectivity index (χ0) is 21.1. The van der Waals surface area contributed by atoms with Crippen molar-refractivity contribution in [1.29, 1.82) is 0 Å². The second-order valence-electron chi connectivity index (χ2n) is 7.87. The lowest BCUT2D eigenvalue weighted by Crippen LogP contribution is -2.44. The highest BCUT2D eigenvalue weighted by Gasteiger charge is 2.29. The molecule has 7 heteroatoms. The van der Waals surface area contributed by atoms with E-state index in [0.29, 0.717) is 24.5 Å². The molecular formula is C24H29ClF2N2O2. The van der Waals surface area contributed by atoms with Crippen LogP contribution < -0.4 is 9.47 Å². The Morgan fingerprint density at radius 1 is 1.19 bits per heavy atom. The SMILES string of the molecule is CCCN(CCCc1c[nH]c2ccc(F)cc12)[C@H]1COc2c(F)ccc(OC)c2C1.Cl. The third-order valence-electron chi connectivity index (χ3n) is 5.90. The molecule has 0 bridgehead atoms. The van der Waals surface area contributed by atoms with Gasteiger partial charge in [-0.15, -0.1) is 12.4 Å². The van der Waals surface area contributed by atoms with Crippen molar-refractivity contribution in [2.24, 2.45) is 0 Å². The molecule has 0 spiro atoms. The summed E-state index contributed by atoms with van der Waals surface area (Å²) >= 11 is 0. The van der Waals surface area contributed by atoms with Gasteiger partial charge in [0.25, 0.3) is 0 Å². The summed E-state index contributed by atoms with van der Waals surface area (Å²) in [7, 11) is 1.60. The fraction of sp³-hybridized carbons (Fsp3) is 0.417. The summed E-state index contributed by atoms with van der Waals surface area (Å²) in [6.07, 6.45) is 5.53. The molecule has 2 heterocycles. The smallest absolute Gasteiger partial charge is 0.165 e. The molecule has 0 fully saturated rings. The van der Waals surface area contributed by atoms with E-state index in [1.165, 1.54) is 12.1 Å². The average Bonchev–Trinajstić information content (AvgIpc) is 3.15. The number of ether oxygens (including phenoxy) is 2. The molecule has 168 valence electrons. The number of hydrogen-bond acceptors (Lipinski definition) is 3. The Balaban J connectivity index is 0.00000272. The quantitative estimate of drug-likeness (QED) is 0.490. The fourth-order valence-electron chi connectivity index (χ4n) is 4.42. The number of hydrogen-bond donors (Lipinski definition) is 1. The monoisotopic (exact) mass is 450 g/mol. The number of H-pyrrole nitrogens is 1. The fourth-order valence-corrected chi connectivity index (χ4v) is 4.42. The lowest BCUT2D eigenvalue weighted by atomic mass is 9.99. The number of rotatable bonds is 8. The highest BCUT2D eigenvalue weighted by molar-refractivity contribution is 5.85. The zero-order valence-corrected chi connectivity index (χ0v) is 18.7. The molecular weight excluding hydrogens is 422 g/mol. The molecule has 31 heavy (non-hydrogen) atoms. The number of nitrogens with zero attached hydrogens (tertiary/aromatic N) is 1. The number of aromatic nitrogens is 1. The van der Waals surface area contributed by atoms with Gasteiger partial charge < -0.3 is 14.5 Å². The summed E-state index contributed by atoms with van der Waals surface area (Å²) in [5.41, 5.74) is 2.90. The molecule has 4 rings (SSSR count). The van der Waals surface area contributed by atoms with E-state index >= 15 is 0 Å². The Kier molecular flexibility index (Phi) is 7.79. The van der Waals surface area contributed by atoms with Crippen molar-refractivity contribution in [2.45, 2.75) is 38.6 Å². The largest absolute Gasteiger partial charge is 0.496 e. The Morgan fingerprint density at radius 2 is 2.03 bits per heavy atom. The third-order valence-corrected chi connectivity index (χ3v) is 5.90. The second-order valence-corrected chi connectivity index (χ2v) is 7.87. The van der Waals surface area contributed by atoms with Crippen molar-refractivity contribution in [2.75, 3.05) is 26.8 Å². The van der Waals surface area contributed by atoms with E-state index in [-0.39, 0.29) is 30.1 Å². The zero-order valence-electron chi connectivity index (χ0n) is 17.9. The van der Waals surface area contributed by atoms with E-state index in [4.69, 9.17) is 9.47 Å². The number of halogens is 3. The minimum absolute atomic E-state index is 0. The molecule has 1 aliphatic heterocycles. The van der Waals surface area contributed by atoms with Gasteiger partial charge in [-0.3, -0.25) is 4.90 Å². The van der Waals surface area contributed by atoms with Crippen molar-refractivity contribution in [3.63, 3.8) is 0 Å². The maximum atomic E-state index is 14.2. The number of benzene rings is 2. The number of methoxy groups -OCH3 is 1. The van der Waals surface area contributed by atoms with E-state index in [2.05, 4.69) is 16.8 Å². The molecule has 1 aromatic heterocycles. The van der Waals surface area contributed by atoms with Gasteiger partial charge in [0.05, 0.1) is 7.11 Å². The average molecular weight is 451 g/mol. The molecule has 0 amide bonds. The number of aromatic amines is 1. The van der Waals surface area contributed by atoms with Crippen molar-refractivity contribution < 1.29 is 18.3 Å². The molecule has 0 unspecified atom stereocenters. The predicted molar refractivity (Wildman–Crippen MR) is 122 cm³/mol. The van der Waals surface area contributed by atoms with Gasteiger partial charge in [-0.2, -0.15) is 0 Å². The van der Waals surface area contributed by atoms with Gasteiger partial charge in [-0.25, -0.2) is 8.78 Å². The minimum Gasteiger partial charge on any atom is -0.496 e. The summed E-state index contributed by atoms with van der Waals surface area (Å²) < 4.78 is 39.0. The van der Waals surface area contributed by atoms with E-state index in [0.717, 1.165) is 54.4 Å². The molecule has 3 aromatic rings. The molecule has 1 N–H and O–H groups in total. The first-order valence-corrected chi connectivity index (χ1v) is 10.6. The van der Waals surface area contributed by atoms with Crippen molar-refractivity contribution in [1.82, 2.24) is 9.88 Å². The number of nitrogens with one attached hydrogen (secondary N) is 1. The van der Waals surface area contributed by atoms with Crippen molar-refractivity contribution in [3.05, 3.63) is 59.3 Å². The van der Waals surface area contributed by atoms with Crippen LogP contribution in [0.3, 0.4) is 0 Å². The molecule has 0 saturated carbocycles. The Hall–Kier alpha value is -2.31. The standard InChI is InChI=1S/C24H28F2N2O2.ClH/c1-3-10-28(11-4-5-16-14-27-22-8-6-17(25)12-19(16)22)18-13-20-23(29-2)9-7-21(26)24(20)30-15-18;/h6-9,12,14,18,27H,3-5,10-11,13,15H2,1-2H3;1H/t18-;/m1./s1. The van der Waals surface area contributed by atoms with Crippen LogP contribution in [0.5, 0.6) is 11.5 Å². The molecule has 0 aliphatic carbocycles. The topological polar surface area (TPSA) is 37.5 Å². The summed E-state index contributed by atoms with van der Waals surface area (Å²) in [6, 6.07) is 8.09. The van der Waals surface area contributed by atoms with E-state index < -0.39 is 0 Å². The maximum Gasteiger partial charge on any atom is 0.165 e. The van der Waals surface area contributed by atoms with Crippen molar-refractivity contribution in [3.8, 4) is 11.5 Å². The van der Waals surface area contributed by atoms with Gasteiger partial charge in [-0.1, -0.05) is 6.92 Å². The lowest BCUT2D eigenvalue weighted by molar-refractivity contribution is 0.113. The van der Waals surface area contributed by atoms with Crippen LogP contribution in [0.15, 0.2) is 36.5 Å². The molecule has 2 aromatic carbocycles. The predicted octanol–water partition coefficient (Wildman–Crippen LogP) is 5.52. The van der Waals surface area contributed by atoms with E-state index in [1.807, 2.05) is 6.20 Å². The highest BCUT2D eigenvalue weighted by Crippen LogP contribution is 2.36. The summed E-state index contributed by atoms with van der Waals surface area (Å²) in [5.74, 6) is 0.448. The van der Waals surface area contributed by atoms with Crippen LogP contribution in [0.1, 0.15) is 30.9 Å². The Bertz CT molecular complexity index is 1020. The van der Waals surface area contributed by atoms with Crippen LogP contribution in [0.25, 0.3) is 10.9 Å². The molecule has 1 atom stereocenters. The molecule has 0 radical (unpaired) electrons. The second kappa shape index (κ2) is 10.3. The van der Waals surface area contributed by atoms with Gasteiger partial charge in [0.1, 0.15) is 18.2 Å². The first-order valence-electron chi connectivity index (χ1n) is 10.6. The van der Waals surface area contributed by atoms with Gasteiger partial charge in [0.15, 0.2) is 11.6 Å². The van der Waals surface area contributed by atoms with Crippen LogP contribution in [0.2, 0.25) is 0 Å². The van der Waals surface area contributed by atoms with Gasteiger partial charge in [0, 0.05) is 28.7 Å². The van der Waals surface area contributed by atoms with Crippen LogP contribution in [-0.4, -0.2) is 42.7 Å². The third kappa shape index (κ3) is 4.96. The van der Waals surface area contributed by atoms with Crippen LogP contribution in [0.4, 0.5) is 8.78 Å². The Labute approximate surface area is 187 Å². The molecule has 4 nitrogen and oxygen atoms in total. The normalized spacial score (nSPS) is 15.5. The minimum atomic E-state index is -0.335. The van der Waals surface area contributed by atoms with Gasteiger partial charge in [-0.05, 0) is 74.7 Å². The van der Waals surface area contributed by atoms with Crippen LogP contribution in [-0.2, 0) is 12.8 Å². The Morgan fingerprint density at radius 3 is 2.81 bits per heavy atom. The molecule has 1 aliphatic rings. The summed E-state index contributed by atoms with van der Waals surface area (Å²) in [5, 5.41) is 0.951. The number of fused-ring (bicyclic) bond motifs is 2. The van der Waals surface area contributed by atoms with Crippen LogP contribution >= 0.6 is 12.4 Å². The van der Waals surface area contributed by atoms with Crippen LogP contribution in [0, 0.1) is 11.6 Å². The summed E-state index contributed by atoms with van der Waals surface area (Å²) in [6.45, 7) is 4.48. The maximum absolute atomic E-state index is 14.2. The van der Waals surface area contributed by atoms with Gasteiger partial charge in [0.2, 0.25) is 0 Å². The first-order chi connectivity index (χ1) is 14.6. The summed E-state index contributed by atoms with van der Waals surface area (Å²) in [4.78, 5) is 5.64. The van der Waals surface area contributed by atoms with Gasteiger partial charge >= 0.3 is 0 Å². The number of aryl methyl sites for hydroxylation is 1. The first kappa shape index (κ1) is 23.4.